The van der Waals surface area contributed by atoms with Gasteiger partial charge >= 0.3 is 5.69 Å². The van der Waals surface area contributed by atoms with Gasteiger partial charge in [0.1, 0.15) is 0 Å². The molecule has 9 nitrogen and oxygen atoms in total. The van der Waals surface area contributed by atoms with Crippen LogP contribution in [0.2, 0.25) is 5.02 Å². The Morgan fingerprint density at radius 2 is 1.85 bits per heavy atom. The summed E-state index contributed by atoms with van der Waals surface area (Å²) in [6.45, 7) is -0.000820. The van der Waals surface area contributed by atoms with Crippen molar-refractivity contribution in [2.24, 2.45) is 0 Å². The molecule has 0 heterocycles. The first-order chi connectivity index (χ1) is 12.2. The van der Waals surface area contributed by atoms with Crippen LogP contribution < -0.4 is 4.74 Å². The lowest BCUT2D eigenvalue weighted by Gasteiger charge is -2.18. The number of halogens is 1. The van der Waals surface area contributed by atoms with Crippen molar-refractivity contribution in [2.45, 2.75) is 6.54 Å². The number of nitrogens with zero attached hydrogens (tertiary/aromatic N) is 3. The van der Waals surface area contributed by atoms with Gasteiger partial charge in [-0.05, 0) is 23.8 Å². The molecule has 26 heavy (non-hydrogen) atoms. The van der Waals surface area contributed by atoms with Crippen molar-refractivity contribution in [3.05, 3.63) is 72.8 Å². The van der Waals surface area contributed by atoms with Gasteiger partial charge in [-0.1, -0.05) is 11.6 Å². The molecular weight excluding hydrogens is 366 g/mol. The second-order valence-corrected chi connectivity index (χ2v) is 5.74. The monoisotopic (exact) mass is 379 g/mol. The highest BCUT2D eigenvalue weighted by Crippen LogP contribution is 2.28. The average Bonchev–Trinajstić information content (AvgIpc) is 2.61. The first-order valence-corrected chi connectivity index (χ1v) is 7.63. The summed E-state index contributed by atoms with van der Waals surface area (Å²) in [6.07, 6.45) is 0. The Morgan fingerprint density at radius 3 is 2.42 bits per heavy atom. The maximum absolute atomic E-state index is 12.5. The molecule has 0 spiro atoms. The van der Waals surface area contributed by atoms with Gasteiger partial charge in [0.2, 0.25) is 0 Å². The van der Waals surface area contributed by atoms with E-state index >= 15 is 0 Å². The van der Waals surface area contributed by atoms with Gasteiger partial charge in [0, 0.05) is 42.4 Å². The van der Waals surface area contributed by atoms with E-state index in [9.17, 15) is 25.0 Å². The number of amides is 1. The zero-order valence-corrected chi connectivity index (χ0v) is 14.6. The van der Waals surface area contributed by atoms with Crippen LogP contribution in [0.5, 0.6) is 5.75 Å². The van der Waals surface area contributed by atoms with E-state index < -0.39 is 15.8 Å². The number of hydrogen-bond acceptors (Lipinski definition) is 6. The first-order valence-electron chi connectivity index (χ1n) is 7.25. The topological polar surface area (TPSA) is 116 Å². The molecule has 0 saturated heterocycles. The Hall–Kier alpha value is -3.20. The quantitative estimate of drug-likeness (QED) is 0.560. The van der Waals surface area contributed by atoms with E-state index in [0.29, 0.717) is 5.56 Å². The van der Waals surface area contributed by atoms with Crippen molar-refractivity contribution < 1.29 is 19.4 Å². The third-order valence-electron chi connectivity index (χ3n) is 3.62. The van der Waals surface area contributed by atoms with E-state index in [-0.39, 0.29) is 34.3 Å². The minimum atomic E-state index is -0.646. The van der Waals surface area contributed by atoms with Gasteiger partial charge in [0.15, 0.2) is 5.75 Å². The summed E-state index contributed by atoms with van der Waals surface area (Å²) >= 11 is 6.04. The minimum absolute atomic E-state index is 0.000820. The van der Waals surface area contributed by atoms with Gasteiger partial charge in [-0.15, -0.1) is 0 Å². The predicted molar refractivity (Wildman–Crippen MR) is 93.6 cm³/mol. The standard InChI is InChI=1S/C16H14ClN3O6/c1-18(9-11-7-12(19(22)23)4-5-13(11)17)16(21)10-3-6-15(26-2)14(8-10)20(24)25/h3-8H,9H2,1-2H3. The van der Waals surface area contributed by atoms with Crippen molar-refractivity contribution >= 4 is 28.9 Å². The van der Waals surface area contributed by atoms with E-state index in [0.717, 1.165) is 6.07 Å². The molecule has 0 atom stereocenters. The zero-order valence-electron chi connectivity index (χ0n) is 13.8. The first kappa shape index (κ1) is 19.1. The molecule has 0 N–H and O–H groups in total. The number of nitro benzene ring substituents is 2. The van der Waals surface area contributed by atoms with Gasteiger partial charge in [0.05, 0.1) is 17.0 Å². The Bertz CT molecular complexity index is 886. The van der Waals surface area contributed by atoms with E-state index in [1.165, 1.54) is 49.4 Å². The maximum atomic E-state index is 12.5. The normalized spacial score (nSPS) is 10.3. The fourth-order valence-corrected chi connectivity index (χ4v) is 2.49. The number of rotatable bonds is 6. The lowest BCUT2D eigenvalue weighted by Crippen LogP contribution is -2.26. The molecule has 0 saturated carbocycles. The molecule has 2 aromatic rings. The predicted octanol–water partition coefficient (Wildman–Crippen LogP) is 3.44. The number of carbonyl (C=O) groups excluding carboxylic acids is 1. The second-order valence-electron chi connectivity index (χ2n) is 5.34. The molecule has 0 radical (unpaired) electrons. The molecule has 0 aliphatic carbocycles. The molecule has 1 amide bonds. The van der Waals surface area contributed by atoms with Crippen molar-refractivity contribution in [2.75, 3.05) is 14.2 Å². The van der Waals surface area contributed by atoms with E-state index in [1.54, 1.807) is 0 Å². The number of carbonyl (C=O) groups is 1. The molecule has 10 heteroatoms. The van der Waals surface area contributed by atoms with Crippen LogP contribution in [0.3, 0.4) is 0 Å². The average molecular weight is 380 g/mol. The molecule has 0 bridgehead atoms. The van der Waals surface area contributed by atoms with Gasteiger partial charge < -0.3 is 9.64 Å². The lowest BCUT2D eigenvalue weighted by atomic mass is 10.1. The SMILES string of the molecule is COc1ccc(C(=O)N(C)Cc2cc([N+](=O)[O-])ccc2Cl)cc1[N+](=O)[O-]. The summed E-state index contributed by atoms with van der Waals surface area (Å²) in [6, 6.07) is 7.78. The Morgan fingerprint density at radius 1 is 1.15 bits per heavy atom. The fourth-order valence-electron chi connectivity index (χ4n) is 2.31. The van der Waals surface area contributed by atoms with Crippen molar-refractivity contribution in [3.63, 3.8) is 0 Å². The van der Waals surface area contributed by atoms with Gasteiger partial charge in [-0.2, -0.15) is 0 Å². The molecule has 0 fully saturated rings. The van der Waals surface area contributed by atoms with Crippen LogP contribution in [-0.4, -0.2) is 34.8 Å². The van der Waals surface area contributed by atoms with Crippen molar-refractivity contribution in [3.8, 4) is 5.75 Å². The van der Waals surface area contributed by atoms with E-state index in [4.69, 9.17) is 16.3 Å². The van der Waals surface area contributed by atoms with Crippen LogP contribution in [0.1, 0.15) is 15.9 Å². The third-order valence-corrected chi connectivity index (χ3v) is 3.99. The summed E-state index contributed by atoms with van der Waals surface area (Å²) in [4.78, 5) is 34.5. The minimum Gasteiger partial charge on any atom is -0.490 e. The van der Waals surface area contributed by atoms with Crippen molar-refractivity contribution in [1.29, 1.82) is 0 Å². The zero-order chi connectivity index (χ0) is 19.4. The number of ether oxygens (including phenoxy) is 1. The molecule has 136 valence electrons. The van der Waals surface area contributed by atoms with Crippen LogP contribution in [0, 0.1) is 20.2 Å². The van der Waals surface area contributed by atoms with E-state index in [1.807, 2.05) is 0 Å². The number of nitro groups is 2. The molecule has 0 aromatic heterocycles. The van der Waals surface area contributed by atoms with Crippen LogP contribution in [0.25, 0.3) is 0 Å². The fraction of sp³-hybridized carbons (Fsp3) is 0.188. The Balaban J connectivity index is 2.28. The van der Waals surface area contributed by atoms with Crippen LogP contribution in [-0.2, 0) is 6.54 Å². The van der Waals surface area contributed by atoms with Gasteiger partial charge in [-0.25, -0.2) is 0 Å². The largest absolute Gasteiger partial charge is 0.490 e. The molecule has 2 rings (SSSR count). The van der Waals surface area contributed by atoms with Crippen LogP contribution in [0.15, 0.2) is 36.4 Å². The molecular formula is C16H14ClN3O6. The summed E-state index contributed by atoms with van der Waals surface area (Å²) in [7, 11) is 2.76. The number of benzene rings is 2. The Kier molecular flexibility index (Phi) is 5.73. The molecule has 0 aliphatic rings. The summed E-state index contributed by atoms with van der Waals surface area (Å²) < 4.78 is 4.90. The number of hydrogen-bond donors (Lipinski definition) is 0. The lowest BCUT2D eigenvalue weighted by molar-refractivity contribution is -0.385. The number of non-ortho nitro benzene ring substituents is 1. The summed E-state index contributed by atoms with van der Waals surface area (Å²) in [5.41, 5.74) is -0.00764. The molecule has 0 aliphatic heterocycles. The van der Waals surface area contributed by atoms with Gasteiger partial charge in [-0.3, -0.25) is 25.0 Å². The highest BCUT2D eigenvalue weighted by Gasteiger charge is 2.21. The molecule has 0 unspecified atom stereocenters. The third kappa shape index (κ3) is 4.06. The highest BCUT2D eigenvalue weighted by molar-refractivity contribution is 6.31. The maximum Gasteiger partial charge on any atom is 0.311 e. The van der Waals surface area contributed by atoms with Crippen LogP contribution >= 0.6 is 11.6 Å². The van der Waals surface area contributed by atoms with Gasteiger partial charge in [0.25, 0.3) is 11.6 Å². The molecule has 2 aromatic carbocycles. The van der Waals surface area contributed by atoms with E-state index in [2.05, 4.69) is 0 Å². The second kappa shape index (κ2) is 7.79. The smallest absolute Gasteiger partial charge is 0.311 e. The highest BCUT2D eigenvalue weighted by atomic mass is 35.5. The summed E-state index contributed by atoms with van der Waals surface area (Å²) in [5, 5.41) is 22.2. The number of methoxy groups -OCH3 is 1. The van der Waals surface area contributed by atoms with Crippen LogP contribution in [0.4, 0.5) is 11.4 Å². The Labute approximate surface area is 153 Å². The summed E-state index contributed by atoms with van der Waals surface area (Å²) in [5.74, 6) is -0.464. The van der Waals surface area contributed by atoms with Crippen molar-refractivity contribution in [1.82, 2.24) is 4.90 Å².